The Labute approximate surface area is 103 Å². The highest BCUT2D eigenvalue weighted by Gasteiger charge is 2.51. The summed E-state index contributed by atoms with van der Waals surface area (Å²) in [5, 5.41) is 9.17. The van der Waals surface area contributed by atoms with Gasteiger partial charge in [-0.25, -0.2) is 5.26 Å². The smallest absolute Gasteiger partial charge is 0.330 e. The summed E-state index contributed by atoms with van der Waals surface area (Å²) in [6.45, 7) is 0. The van der Waals surface area contributed by atoms with Gasteiger partial charge in [0, 0.05) is 5.56 Å². The van der Waals surface area contributed by atoms with Crippen LogP contribution < -0.4 is 4.74 Å². The van der Waals surface area contributed by atoms with E-state index >= 15 is 0 Å². The fourth-order valence-electron chi connectivity index (χ4n) is 2.08. The third-order valence-electron chi connectivity index (χ3n) is 2.97. The van der Waals surface area contributed by atoms with Crippen LogP contribution >= 0.6 is 0 Å². The van der Waals surface area contributed by atoms with Crippen LogP contribution in [0.15, 0.2) is 54.6 Å². The second-order valence-electron chi connectivity index (χ2n) is 4.00. The summed E-state index contributed by atoms with van der Waals surface area (Å²) in [5.41, 5.74) is 0.851. The number of hydrogen-bond donors (Lipinski definition) is 1. The zero-order chi connectivity index (χ0) is 12.6. The number of carbonyl (C=O) groups is 1. The molecule has 0 amide bonds. The molecule has 0 aromatic heterocycles. The Morgan fingerprint density at radius 3 is 2.33 bits per heavy atom. The van der Waals surface area contributed by atoms with Gasteiger partial charge in [-0.1, -0.05) is 42.5 Å². The van der Waals surface area contributed by atoms with Crippen LogP contribution in [0.3, 0.4) is 0 Å². The summed E-state index contributed by atoms with van der Waals surface area (Å²) in [4.78, 5) is 16.7. The van der Waals surface area contributed by atoms with Gasteiger partial charge in [0.15, 0.2) is 0 Å². The Kier molecular flexibility index (Phi) is 2.40. The number of ether oxygens (including phenoxy) is 1. The molecule has 1 unspecified atom stereocenters. The number of rotatable bonds is 2. The number of Topliss-reactive ketones (excluding diaryl/α,β-unsaturated/α-hetero) is 1. The first-order valence-corrected chi connectivity index (χ1v) is 5.49. The maximum absolute atomic E-state index is 12.3. The Bertz CT molecular complexity index is 594. The predicted molar refractivity (Wildman–Crippen MR) is 63.2 cm³/mol. The summed E-state index contributed by atoms with van der Waals surface area (Å²) < 4.78 is 5.52. The summed E-state index contributed by atoms with van der Waals surface area (Å²) in [5.74, 6) is -1.79. The fourth-order valence-corrected chi connectivity index (χ4v) is 2.08. The van der Waals surface area contributed by atoms with Crippen molar-refractivity contribution in [2.45, 2.75) is 5.79 Å². The van der Waals surface area contributed by atoms with E-state index in [1.165, 1.54) is 0 Å². The maximum atomic E-state index is 12.3. The Hall–Kier alpha value is -2.17. The van der Waals surface area contributed by atoms with Gasteiger partial charge in [0.05, 0.1) is 5.56 Å². The van der Waals surface area contributed by atoms with Crippen LogP contribution in [0, 0.1) is 0 Å². The molecule has 18 heavy (non-hydrogen) atoms. The summed E-state index contributed by atoms with van der Waals surface area (Å²) >= 11 is 0. The highest BCUT2D eigenvalue weighted by Crippen LogP contribution is 2.41. The van der Waals surface area contributed by atoms with Crippen molar-refractivity contribution < 1.29 is 19.7 Å². The zero-order valence-electron chi connectivity index (χ0n) is 9.37. The second kappa shape index (κ2) is 3.94. The zero-order valence-corrected chi connectivity index (χ0v) is 9.37. The molecule has 0 radical (unpaired) electrons. The van der Waals surface area contributed by atoms with E-state index in [9.17, 15) is 4.79 Å². The van der Waals surface area contributed by atoms with Crippen LogP contribution in [-0.4, -0.2) is 11.0 Å². The maximum Gasteiger partial charge on any atom is 0.330 e. The molecule has 1 N–H and O–H groups in total. The molecule has 90 valence electrons. The first-order valence-electron chi connectivity index (χ1n) is 5.49. The van der Waals surface area contributed by atoms with Crippen molar-refractivity contribution >= 4 is 5.78 Å². The summed E-state index contributed by atoms with van der Waals surface area (Å²) in [7, 11) is 0. The first-order chi connectivity index (χ1) is 8.78. The van der Waals surface area contributed by atoms with Gasteiger partial charge in [-0.2, -0.15) is 4.89 Å². The molecule has 1 heterocycles. The van der Waals surface area contributed by atoms with E-state index < -0.39 is 11.6 Å². The second-order valence-corrected chi connectivity index (χ2v) is 4.00. The van der Waals surface area contributed by atoms with Gasteiger partial charge in [0.1, 0.15) is 5.75 Å². The van der Waals surface area contributed by atoms with Crippen molar-refractivity contribution in [1.29, 1.82) is 0 Å². The molecule has 0 saturated carbocycles. The van der Waals surface area contributed by atoms with E-state index in [0.29, 0.717) is 16.9 Å². The van der Waals surface area contributed by atoms with Gasteiger partial charge < -0.3 is 4.74 Å². The average Bonchev–Trinajstić information content (AvgIpc) is 2.74. The van der Waals surface area contributed by atoms with Gasteiger partial charge in [-0.05, 0) is 12.1 Å². The minimum absolute atomic E-state index is 0.399. The number of benzene rings is 2. The lowest BCUT2D eigenvalue weighted by atomic mass is 9.99. The standard InChI is InChI=1S/C14H10O4/c15-13-11-8-4-5-9-12(11)17-14(13,18-16)10-6-2-1-3-7-10/h1-9,16H. The third-order valence-corrected chi connectivity index (χ3v) is 2.97. The Morgan fingerprint density at radius 2 is 1.67 bits per heavy atom. The van der Waals surface area contributed by atoms with Crippen molar-refractivity contribution in [3.63, 3.8) is 0 Å². The number of carbonyl (C=O) groups excluding carboxylic acids is 1. The molecule has 1 atom stereocenters. The van der Waals surface area contributed by atoms with Crippen molar-refractivity contribution in [2.75, 3.05) is 0 Å². The fraction of sp³-hybridized carbons (Fsp3) is 0.0714. The minimum Gasteiger partial charge on any atom is -0.448 e. The van der Waals surface area contributed by atoms with Gasteiger partial charge >= 0.3 is 5.79 Å². The van der Waals surface area contributed by atoms with Crippen molar-refractivity contribution in [2.24, 2.45) is 0 Å². The summed E-state index contributed by atoms with van der Waals surface area (Å²) in [6.07, 6.45) is 0. The SMILES string of the molecule is O=C1c2ccccc2OC1(OO)c1ccccc1. The van der Waals surface area contributed by atoms with E-state index in [1.54, 1.807) is 54.6 Å². The number of fused-ring (bicyclic) bond motifs is 1. The summed E-state index contributed by atoms with van der Waals surface area (Å²) in [6, 6.07) is 15.4. The molecule has 0 saturated heterocycles. The van der Waals surface area contributed by atoms with E-state index in [0.717, 1.165) is 0 Å². The monoisotopic (exact) mass is 242 g/mol. The van der Waals surface area contributed by atoms with E-state index in [2.05, 4.69) is 4.89 Å². The lowest BCUT2D eigenvalue weighted by Crippen LogP contribution is -2.39. The van der Waals surface area contributed by atoms with Crippen LogP contribution in [0.5, 0.6) is 5.75 Å². The van der Waals surface area contributed by atoms with Gasteiger partial charge in [0.2, 0.25) is 5.78 Å². The van der Waals surface area contributed by atoms with E-state index in [1.807, 2.05) is 0 Å². The lowest BCUT2D eigenvalue weighted by Gasteiger charge is -2.23. The van der Waals surface area contributed by atoms with Crippen LogP contribution in [0.25, 0.3) is 0 Å². The molecule has 1 aliphatic rings. The minimum atomic E-state index is -1.79. The number of hydrogen-bond acceptors (Lipinski definition) is 4. The average molecular weight is 242 g/mol. The molecule has 4 nitrogen and oxygen atoms in total. The van der Waals surface area contributed by atoms with Crippen LogP contribution in [0.4, 0.5) is 0 Å². The topological polar surface area (TPSA) is 55.8 Å². The van der Waals surface area contributed by atoms with E-state index in [-0.39, 0.29) is 0 Å². The first kappa shape index (κ1) is 11.0. The molecule has 4 heteroatoms. The van der Waals surface area contributed by atoms with Crippen LogP contribution in [-0.2, 0) is 10.7 Å². The molecule has 1 aliphatic heterocycles. The van der Waals surface area contributed by atoms with E-state index in [4.69, 9.17) is 9.99 Å². The van der Waals surface area contributed by atoms with Crippen molar-refractivity contribution in [3.05, 3.63) is 65.7 Å². The number of ketones is 1. The highest BCUT2D eigenvalue weighted by atomic mass is 17.1. The van der Waals surface area contributed by atoms with Gasteiger partial charge in [0.25, 0.3) is 0 Å². The van der Waals surface area contributed by atoms with Crippen molar-refractivity contribution in [3.8, 4) is 5.75 Å². The van der Waals surface area contributed by atoms with Crippen molar-refractivity contribution in [1.82, 2.24) is 0 Å². The molecule has 2 aromatic carbocycles. The molecule has 0 bridgehead atoms. The molecular weight excluding hydrogens is 232 g/mol. The predicted octanol–water partition coefficient (Wildman–Crippen LogP) is 2.60. The number of para-hydroxylation sites is 1. The van der Waals surface area contributed by atoms with Crippen LogP contribution in [0.1, 0.15) is 15.9 Å². The normalized spacial score (nSPS) is 21.5. The molecular formula is C14H10O4. The largest absolute Gasteiger partial charge is 0.448 e. The van der Waals surface area contributed by atoms with Gasteiger partial charge in [-0.15, -0.1) is 0 Å². The lowest BCUT2D eigenvalue weighted by molar-refractivity contribution is -0.361. The molecule has 0 spiro atoms. The quantitative estimate of drug-likeness (QED) is 0.649. The Balaban J connectivity index is 2.15. The van der Waals surface area contributed by atoms with Crippen LogP contribution in [0.2, 0.25) is 0 Å². The highest BCUT2D eigenvalue weighted by molar-refractivity contribution is 6.06. The molecule has 3 rings (SSSR count). The molecule has 2 aromatic rings. The third kappa shape index (κ3) is 1.37. The Morgan fingerprint density at radius 1 is 1.00 bits per heavy atom. The van der Waals surface area contributed by atoms with Gasteiger partial charge in [-0.3, -0.25) is 4.79 Å². The molecule has 0 fully saturated rings. The molecule has 0 aliphatic carbocycles.